The Labute approximate surface area is 180 Å². The molecule has 32 heavy (non-hydrogen) atoms. The minimum absolute atomic E-state index is 0.0717. The summed E-state index contributed by atoms with van der Waals surface area (Å²) in [6, 6.07) is 19.4. The molecule has 0 amide bonds. The van der Waals surface area contributed by atoms with Gasteiger partial charge in [0.25, 0.3) is 5.56 Å². The molecule has 0 N–H and O–H groups in total. The van der Waals surface area contributed by atoms with Crippen LogP contribution in [0.5, 0.6) is 0 Å². The molecule has 4 rings (SSSR count). The van der Waals surface area contributed by atoms with Gasteiger partial charge in [0.15, 0.2) is 0 Å². The number of benzene rings is 3. The number of nitrogens with zero attached hydrogens (tertiary/aromatic N) is 3. The Morgan fingerprint density at radius 3 is 2.34 bits per heavy atom. The minimum atomic E-state index is -4.79. The van der Waals surface area contributed by atoms with Gasteiger partial charge in [0.2, 0.25) is 0 Å². The Kier molecular flexibility index (Phi) is 5.49. The molecule has 4 nitrogen and oxygen atoms in total. The molecule has 4 aromatic rings. The summed E-state index contributed by atoms with van der Waals surface area (Å²) in [5.41, 5.74) is -1.69. The van der Waals surface area contributed by atoms with Crippen molar-refractivity contribution in [2.45, 2.75) is 18.9 Å². The number of aromatic nitrogens is 2. The third-order valence-electron chi connectivity index (χ3n) is 5.08. The molecule has 0 aliphatic carbocycles. The van der Waals surface area contributed by atoms with E-state index in [1.807, 2.05) is 6.07 Å². The quantitative estimate of drug-likeness (QED) is 0.387. The number of nitriles is 1. The Morgan fingerprint density at radius 2 is 1.66 bits per heavy atom. The lowest BCUT2D eigenvalue weighted by atomic mass is 10.0. The summed E-state index contributed by atoms with van der Waals surface area (Å²) >= 11 is 0. The van der Waals surface area contributed by atoms with E-state index in [9.17, 15) is 23.2 Å². The average Bonchev–Trinajstić information content (AvgIpc) is 2.80. The molecule has 0 aliphatic heterocycles. The second kappa shape index (κ2) is 8.27. The van der Waals surface area contributed by atoms with Crippen LogP contribution in [0.3, 0.4) is 0 Å². The van der Waals surface area contributed by atoms with Crippen molar-refractivity contribution >= 4 is 10.9 Å². The largest absolute Gasteiger partial charge is 0.417 e. The molecule has 1 unspecified atom stereocenters. The summed E-state index contributed by atoms with van der Waals surface area (Å²) in [6.07, 6.45) is -6.47. The van der Waals surface area contributed by atoms with Crippen molar-refractivity contribution in [1.82, 2.24) is 9.55 Å². The molecule has 160 valence electrons. The molecular formula is C24H15F4N3O. The zero-order valence-corrected chi connectivity index (χ0v) is 16.5. The summed E-state index contributed by atoms with van der Waals surface area (Å²) in [7, 11) is 0. The Bertz CT molecular complexity index is 1390. The predicted molar refractivity (Wildman–Crippen MR) is 111 cm³/mol. The third kappa shape index (κ3) is 3.85. The highest BCUT2D eigenvalue weighted by molar-refractivity contribution is 5.84. The van der Waals surface area contributed by atoms with Crippen molar-refractivity contribution in [3.8, 4) is 17.5 Å². The van der Waals surface area contributed by atoms with E-state index in [0.717, 1.165) is 16.7 Å². The smallest absolute Gasteiger partial charge is 0.289 e. The first kappa shape index (κ1) is 21.2. The maximum atomic E-state index is 15.1. The van der Waals surface area contributed by atoms with E-state index < -0.39 is 35.4 Å². The molecule has 3 aromatic carbocycles. The summed E-state index contributed by atoms with van der Waals surface area (Å²) < 4.78 is 56.8. The van der Waals surface area contributed by atoms with Gasteiger partial charge in [-0.25, -0.2) is 9.37 Å². The SMILES string of the molecule is N#Cc1ccccc1-c1nc2cccc(C(F)(F)F)c2c(=O)n1CC(F)c1ccccc1. The Morgan fingerprint density at radius 1 is 0.969 bits per heavy atom. The first-order valence-electron chi connectivity index (χ1n) is 9.60. The van der Waals surface area contributed by atoms with Gasteiger partial charge < -0.3 is 0 Å². The summed E-state index contributed by atoms with van der Waals surface area (Å²) in [6.45, 7) is -0.562. The van der Waals surface area contributed by atoms with Crippen LogP contribution in [0.25, 0.3) is 22.3 Å². The molecular weight excluding hydrogens is 422 g/mol. The lowest BCUT2D eigenvalue weighted by Gasteiger charge is -2.18. The third-order valence-corrected chi connectivity index (χ3v) is 5.08. The van der Waals surface area contributed by atoms with Crippen LogP contribution in [0.15, 0.2) is 77.6 Å². The monoisotopic (exact) mass is 437 g/mol. The van der Waals surface area contributed by atoms with Crippen LogP contribution in [0.1, 0.15) is 22.9 Å². The van der Waals surface area contributed by atoms with Gasteiger partial charge in [0.05, 0.1) is 34.6 Å². The molecule has 0 spiro atoms. The number of hydrogen-bond donors (Lipinski definition) is 0. The van der Waals surface area contributed by atoms with Gasteiger partial charge in [-0.2, -0.15) is 18.4 Å². The molecule has 1 aromatic heterocycles. The fourth-order valence-corrected chi connectivity index (χ4v) is 3.58. The van der Waals surface area contributed by atoms with Crippen molar-refractivity contribution in [1.29, 1.82) is 5.26 Å². The van der Waals surface area contributed by atoms with Crippen LogP contribution in [0.4, 0.5) is 17.6 Å². The molecule has 0 bridgehead atoms. The van der Waals surface area contributed by atoms with Gasteiger partial charge >= 0.3 is 6.18 Å². The summed E-state index contributed by atoms with van der Waals surface area (Å²) in [5, 5.41) is 8.84. The van der Waals surface area contributed by atoms with E-state index in [1.54, 1.807) is 30.3 Å². The highest BCUT2D eigenvalue weighted by Gasteiger charge is 2.34. The molecule has 1 heterocycles. The number of fused-ring (bicyclic) bond motifs is 1. The molecule has 0 radical (unpaired) electrons. The molecule has 0 saturated heterocycles. The second-order valence-corrected chi connectivity index (χ2v) is 7.08. The maximum absolute atomic E-state index is 15.1. The standard InChI is InChI=1S/C24H15F4N3O/c25-19(15-7-2-1-3-8-15)14-31-22(17-10-5-4-9-16(17)13-29)30-20-12-6-11-18(24(26,27)28)21(20)23(31)32/h1-12,19H,14H2. The topological polar surface area (TPSA) is 58.7 Å². The number of halogens is 4. The van der Waals surface area contributed by atoms with Crippen LogP contribution in [-0.4, -0.2) is 9.55 Å². The molecule has 1 atom stereocenters. The van der Waals surface area contributed by atoms with E-state index in [2.05, 4.69) is 4.98 Å². The average molecular weight is 437 g/mol. The highest BCUT2D eigenvalue weighted by Crippen LogP contribution is 2.34. The van der Waals surface area contributed by atoms with Gasteiger partial charge in [-0.1, -0.05) is 48.5 Å². The Hall–Kier alpha value is -3.99. The van der Waals surface area contributed by atoms with Crippen LogP contribution < -0.4 is 5.56 Å². The van der Waals surface area contributed by atoms with Crippen LogP contribution in [0.2, 0.25) is 0 Å². The van der Waals surface area contributed by atoms with Gasteiger partial charge in [0, 0.05) is 5.56 Å². The summed E-state index contributed by atoms with van der Waals surface area (Å²) in [5.74, 6) is -0.0717. The van der Waals surface area contributed by atoms with Gasteiger partial charge in [-0.15, -0.1) is 0 Å². The number of alkyl halides is 4. The van der Waals surface area contributed by atoms with E-state index in [1.165, 1.54) is 30.3 Å². The van der Waals surface area contributed by atoms with Gasteiger partial charge in [-0.3, -0.25) is 9.36 Å². The van der Waals surface area contributed by atoms with Crippen molar-refractivity contribution in [3.05, 3.63) is 99.8 Å². The van der Waals surface area contributed by atoms with E-state index in [-0.39, 0.29) is 28.0 Å². The summed E-state index contributed by atoms with van der Waals surface area (Å²) in [4.78, 5) is 17.6. The van der Waals surface area contributed by atoms with Crippen molar-refractivity contribution in [2.24, 2.45) is 0 Å². The molecule has 0 saturated carbocycles. The lowest BCUT2D eigenvalue weighted by Crippen LogP contribution is -2.27. The fourth-order valence-electron chi connectivity index (χ4n) is 3.58. The van der Waals surface area contributed by atoms with Crippen LogP contribution in [-0.2, 0) is 12.7 Å². The highest BCUT2D eigenvalue weighted by atomic mass is 19.4. The zero-order chi connectivity index (χ0) is 22.9. The van der Waals surface area contributed by atoms with E-state index in [4.69, 9.17) is 0 Å². The van der Waals surface area contributed by atoms with E-state index in [0.29, 0.717) is 0 Å². The minimum Gasteiger partial charge on any atom is -0.289 e. The number of rotatable bonds is 4. The maximum Gasteiger partial charge on any atom is 0.417 e. The first-order chi connectivity index (χ1) is 15.3. The Balaban J connectivity index is 2.03. The zero-order valence-electron chi connectivity index (χ0n) is 16.5. The first-order valence-corrected chi connectivity index (χ1v) is 9.60. The van der Waals surface area contributed by atoms with Gasteiger partial charge in [-0.05, 0) is 29.8 Å². The van der Waals surface area contributed by atoms with Crippen molar-refractivity contribution in [3.63, 3.8) is 0 Å². The molecule has 8 heteroatoms. The fraction of sp³-hybridized carbons (Fsp3) is 0.125. The van der Waals surface area contributed by atoms with E-state index >= 15 is 4.39 Å². The normalized spacial score (nSPS) is 12.5. The van der Waals surface area contributed by atoms with Crippen LogP contribution >= 0.6 is 0 Å². The molecule has 0 fully saturated rings. The number of hydrogen-bond acceptors (Lipinski definition) is 3. The predicted octanol–water partition coefficient (Wildman–Crippen LogP) is 5.66. The second-order valence-electron chi connectivity index (χ2n) is 7.08. The van der Waals surface area contributed by atoms with Crippen molar-refractivity contribution in [2.75, 3.05) is 0 Å². The molecule has 0 aliphatic rings. The van der Waals surface area contributed by atoms with Gasteiger partial charge in [0.1, 0.15) is 12.0 Å². The van der Waals surface area contributed by atoms with Crippen molar-refractivity contribution < 1.29 is 17.6 Å². The lowest BCUT2D eigenvalue weighted by molar-refractivity contribution is -0.136. The van der Waals surface area contributed by atoms with Crippen LogP contribution in [0, 0.1) is 11.3 Å².